The summed E-state index contributed by atoms with van der Waals surface area (Å²) in [6.45, 7) is 4.66. The van der Waals surface area contributed by atoms with Crippen LogP contribution in [0.1, 0.15) is 17.5 Å². The zero-order chi connectivity index (χ0) is 14.5. The van der Waals surface area contributed by atoms with E-state index in [4.69, 9.17) is 0 Å². The van der Waals surface area contributed by atoms with E-state index in [9.17, 15) is 5.11 Å². The van der Waals surface area contributed by atoms with Crippen LogP contribution in [0.15, 0.2) is 54.6 Å². The Bertz CT molecular complexity index is 553. The number of phenols is 1. The number of hydrogen-bond donors (Lipinski definition) is 3. The van der Waals surface area contributed by atoms with Crippen molar-refractivity contribution in [3.63, 3.8) is 0 Å². The Morgan fingerprint density at radius 3 is 2.52 bits per heavy atom. The highest BCUT2D eigenvalue weighted by Crippen LogP contribution is 2.08. The standard InChI is InChI=1S/C18H22N2O/c21-18-8-6-15(7-9-18)12-19-17-10-11-20(14-17)13-16-4-2-1-3-5-16/h1-9,17,19,21H,10-14H2/p+2/t17-/m0/s1. The van der Waals surface area contributed by atoms with Crippen molar-refractivity contribution in [2.24, 2.45) is 0 Å². The van der Waals surface area contributed by atoms with Crippen LogP contribution in [0, 0.1) is 0 Å². The Balaban J connectivity index is 1.45. The highest BCUT2D eigenvalue weighted by atomic mass is 16.3. The molecule has 1 saturated heterocycles. The summed E-state index contributed by atoms with van der Waals surface area (Å²) >= 11 is 0. The zero-order valence-corrected chi connectivity index (χ0v) is 12.3. The molecule has 0 amide bonds. The lowest BCUT2D eigenvalue weighted by Gasteiger charge is -2.12. The minimum atomic E-state index is 0.345. The van der Waals surface area contributed by atoms with E-state index in [1.54, 1.807) is 17.0 Å². The van der Waals surface area contributed by atoms with Crippen LogP contribution in [-0.4, -0.2) is 24.2 Å². The van der Waals surface area contributed by atoms with Gasteiger partial charge in [-0.05, 0) is 24.3 Å². The van der Waals surface area contributed by atoms with Crippen molar-refractivity contribution in [2.75, 3.05) is 13.1 Å². The first kappa shape index (κ1) is 14.1. The van der Waals surface area contributed by atoms with Gasteiger partial charge < -0.3 is 15.3 Å². The Kier molecular flexibility index (Phi) is 4.53. The van der Waals surface area contributed by atoms with E-state index in [1.807, 2.05) is 12.1 Å². The van der Waals surface area contributed by atoms with Gasteiger partial charge in [-0.25, -0.2) is 0 Å². The fraction of sp³-hybridized carbons (Fsp3) is 0.333. The van der Waals surface area contributed by atoms with Gasteiger partial charge in [0.05, 0.1) is 13.0 Å². The van der Waals surface area contributed by atoms with Crippen molar-refractivity contribution in [2.45, 2.75) is 25.6 Å². The first-order valence-corrected chi connectivity index (χ1v) is 7.78. The van der Waals surface area contributed by atoms with Gasteiger partial charge in [-0.1, -0.05) is 30.3 Å². The number of hydrogen-bond acceptors (Lipinski definition) is 1. The molecule has 1 unspecified atom stereocenters. The first-order chi connectivity index (χ1) is 10.3. The molecule has 0 radical (unpaired) electrons. The van der Waals surface area contributed by atoms with Gasteiger partial charge >= 0.3 is 0 Å². The van der Waals surface area contributed by atoms with Crippen LogP contribution >= 0.6 is 0 Å². The maximum absolute atomic E-state index is 9.30. The number of nitrogens with two attached hydrogens (primary N) is 1. The minimum absolute atomic E-state index is 0.345. The number of likely N-dealkylation sites (tertiary alicyclic amines) is 1. The summed E-state index contributed by atoms with van der Waals surface area (Å²) in [5.41, 5.74) is 2.72. The molecule has 1 fully saturated rings. The Morgan fingerprint density at radius 1 is 1.00 bits per heavy atom. The van der Waals surface area contributed by atoms with Gasteiger partial charge in [-0.2, -0.15) is 0 Å². The summed E-state index contributed by atoms with van der Waals surface area (Å²) < 4.78 is 0. The first-order valence-electron chi connectivity index (χ1n) is 7.78. The van der Waals surface area contributed by atoms with E-state index < -0.39 is 0 Å². The predicted octanol–water partition coefficient (Wildman–Crippen LogP) is 0.313. The largest absolute Gasteiger partial charge is 0.508 e. The Morgan fingerprint density at radius 2 is 1.76 bits per heavy atom. The topological polar surface area (TPSA) is 41.3 Å². The van der Waals surface area contributed by atoms with Crippen LogP contribution < -0.4 is 10.2 Å². The molecular weight excluding hydrogens is 260 g/mol. The quantitative estimate of drug-likeness (QED) is 0.727. The molecule has 0 aromatic heterocycles. The van der Waals surface area contributed by atoms with Crippen LogP contribution in [0.5, 0.6) is 5.75 Å². The molecule has 0 aliphatic carbocycles. The van der Waals surface area contributed by atoms with Gasteiger partial charge in [0.1, 0.15) is 31.4 Å². The molecule has 3 rings (SSSR count). The van der Waals surface area contributed by atoms with Crippen molar-refractivity contribution in [1.82, 2.24) is 0 Å². The van der Waals surface area contributed by atoms with Gasteiger partial charge in [0.25, 0.3) is 0 Å². The van der Waals surface area contributed by atoms with Crippen molar-refractivity contribution in [3.05, 3.63) is 65.7 Å². The average molecular weight is 284 g/mol. The van der Waals surface area contributed by atoms with E-state index in [1.165, 1.54) is 30.6 Å². The fourth-order valence-corrected chi connectivity index (χ4v) is 3.15. The summed E-state index contributed by atoms with van der Waals surface area (Å²) in [6, 6.07) is 19.1. The third-order valence-electron chi connectivity index (χ3n) is 4.34. The minimum Gasteiger partial charge on any atom is -0.508 e. The summed E-state index contributed by atoms with van der Waals surface area (Å²) in [5, 5.41) is 11.7. The predicted molar refractivity (Wildman–Crippen MR) is 83.0 cm³/mol. The maximum Gasteiger partial charge on any atom is 0.141 e. The molecule has 1 heterocycles. The Labute approximate surface area is 126 Å². The molecule has 0 spiro atoms. The molecule has 1 aliphatic heterocycles. The van der Waals surface area contributed by atoms with Gasteiger partial charge in [-0.3, -0.25) is 0 Å². The highest BCUT2D eigenvalue weighted by molar-refractivity contribution is 5.25. The van der Waals surface area contributed by atoms with Crippen molar-refractivity contribution >= 4 is 0 Å². The third-order valence-corrected chi connectivity index (χ3v) is 4.34. The summed E-state index contributed by atoms with van der Waals surface area (Å²) in [6.07, 6.45) is 1.29. The average Bonchev–Trinajstić information content (AvgIpc) is 2.95. The number of aromatic hydroxyl groups is 1. The second-order valence-electron chi connectivity index (χ2n) is 6.02. The Hall–Kier alpha value is -1.84. The molecule has 110 valence electrons. The van der Waals surface area contributed by atoms with E-state index in [-0.39, 0.29) is 0 Å². The van der Waals surface area contributed by atoms with E-state index in [2.05, 4.69) is 35.6 Å². The zero-order valence-electron chi connectivity index (χ0n) is 12.3. The van der Waals surface area contributed by atoms with Crippen LogP contribution in [0.4, 0.5) is 0 Å². The van der Waals surface area contributed by atoms with Gasteiger partial charge in [0.2, 0.25) is 0 Å². The van der Waals surface area contributed by atoms with E-state index in [0.717, 1.165) is 19.1 Å². The van der Waals surface area contributed by atoms with Crippen LogP contribution in [0.2, 0.25) is 0 Å². The second kappa shape index (κ2) is 6.74. The third kappa shape index (κ3) is 4.06. The molecule has 3 nitrogen and oxygen atoms in total. The molecule has 21 heavy (non-hydrogen) atoms. The SMILES string of the molecule is Oc1ccc(C[NH2+][C@H]2CC[NH+](Cc3ccccc3)C2)cc1. The number of quaternary nitrogens is 2. The number of phenolic OH excluding ortho intramolecular Hbond substituents is 1. The number of nitrogens with one attached hydrogen (secondary N) is 1. The van der Waals surface area contributed by atoms with Crippen molar-refractivity contribution in [3.8, 4) is 5.75 Å². The maximum atomic E-state index is 9.30. The second-order valence-corrected chi connectivity index (χ2v) is 6.02. The van der Waals surface area contributed by atoms with E-state index in [0.29, 0.717) is 5.75 Å². The summed E-state index contributed by atoms with van der Waals surface area (Å²) in [4.78, 5) is 1.69. The molecule has 2 aromatic carbocycles. The molecular formula is C18H24N2O+2. The van der Waals surface area contributed by atoms with Gasteiger partial charge in [-0.15, -0.1) is 0 Å². The lowest BCUT2D eigenvalue weighted by atomic mass is 10.2. The molecule has 0 saturated carbocycles. The highest BCUT2D eigenvalue weighted by Gasteiger charge is 2.28. The summed E-state index contributed by atoms with van der Waals surface area (Å²) in [5.74, 6) is 0.345. The molecule has 3 heteroatoms. The lowest BCUT2D eigenvalue weighted by Crippen LogP contribution is -3.10. The van der Waals surface area contributed by atoms with Gasteiger partial charge in [0.15, 0.2) is 0 Å². The number of rotatable bonds is 5. The number of benzene rings is 2. The molecule has 0 bridgehead atoms. The van der Waals surface area contributed by atoms with Crippen molar-refractivity contribution in [1.29, 1.82) is 0 Å². The fourth-order valence-electron chi connectivity index (χ4n) is 3.15. The lowest BCUT2D eigenvalue weighted by molar-refractivity contribution is -0.911. The molecule has 1 aliphatic rings. The van der Waals surface area contributed by atoms with Crippen LogP contribution in [0.25, 0.3) is 0 Å². The molecule has 2 atom stereocenters. The summed E-state index contributed by atoms with van der Waals surface area (Å²) in [7, 11) is 0. The monoisotopic (exact) mass is 284 g/mol. The van der Waals surface area contributed by atoms with Gasteiger partial charge in [0, 0.05) is 11.1 Å². The smallest absolute Gasteiger partial charge is 0.141 e. The molecule has 4 N–H and O–H groups in total. The van der Waals surface area contributed by atoms with Crippen molar-refractivity contribution < 1.29 is 15.3 Å². The normalized spacial score (nSPS) is 21.5. The van der Waals surface area contributed by atoms with Crippen LogP contribution in [-0.2, 0) is 13.1 Å². The van der Waals surface area contributed by atoms with Crippen LogP contribution in [0.3, 0.4) is 0 Å². The van der Waals surface area contributed by atoms with E-state index >= 15 is 0 Å². The molecule has 2 aromatic rings.